The maximum absolute atomic E-state index is 13.6. The Hall–Kier alpha value is -1.69. The quantitative estimate of drug-likeness (QED) is 0.839. The van der Waals surface area contributed by atoms with Gasteiger partial charge < -0.3 is 15.4 Å². The van der Waals surface area contributed by atoms with E-state index in [4.69, 9.17) is 4.74 Å². The van der Waals surface area contributed by atoms with Crippen molar-refractivity contribution in [2.45, 2.75) is 52.8 Å². The van der Waals surface area contributed by atoms with Gasteiger partial charge in [-0.1, -0.05) is 19.9 Å². The molecule has 0 aromatic heterocycles. The van der Waals surface area contributed by atoms with Gasteiger partial charge in [-0.05, 0) is 32.8 Å². The summed E-state index contributed by atoms with van der Waals surface area (Å²) in [5.41, 5.74) is -0.179. The summed E-state index contributed by atoms with van der Waals surface area (Å²) < 4.78 is 31.7. The molecule has 1 rings (SSSR count). The predicted molar refractivity (Wildman–Crippen MR) is 86.1 cm³/mol. The molecule has 1 atom stereocenters. The number of alkyl carbamates (subject to hydrolysis) is 1. The fourth-order valence-electron chi connectivity index (χ4n) is 1.94. The number of halogens is 2. The van der Waals surface area contributed by atoms with Gasteiger partial charge in [0.05, 0.1) is 0 Å². The van der Waals surface area contributed by atoms with Gasteiger partial charge in [0.25, 0.3) is 0 Å². The SMILES string of the molecule is CC(C)C(CNCc1ccc(F)cc1F)NC(=O)OC(C)(C)C. The first-order chi connectivity index (χ1) is 10.6. The monoisotopic (exact) mass is 328 g/mol. The Morgan fingerprint density at radius 3 is 2.43 bits per heavy atom. The molecule has 0 spiro atoms. The van der Waals surface area contributed by atoms with Crippen LogP contribution in [-0.2, 0) is 11.3 Å². The second-order valence-electron chi connectivity index (χ2n) is 6.86. The van der Waals surface area contributed by atoms with E-state index in [2.05, 4.69) is 10.6 Å². The van der Waals surface area contributed by atoms with Gasteiger partial charge in [-0.3, -0.25) is 0 Å². The van der Waals surface area contributed by atoms with E-state index in [0.717, 1.165) is 6.07 Å². The molecule has 0 saturated heterocycles. The highest BCUT2D eigenvalue weighted by Gasteiger charge is 2.21. The van der Waals surface area contributed by atoms with E-state index >= 15 is 0 Å². The first-order valence-corrected chi connectivity index (χ1v) is 7.72. The standard InChI is InChI=1S/C17H26F2N2O2/c1-11(2)15(21-16(22)23-17(3,4)5)10-20-9-12-6-7-13(18)8-14(12)19/h6-8,11,15,20H,9-10H2,1-5H3,(H,21,22). The average molecular weight is 328 g/mol. The van der Waals surface area contributed by atoms with Crippen molar-refractivity contribution < 1.29 is 18.3 Å². The number of carbonyl (C=O) groups excluding carboxylic acids is 1. The van der Waals surface area contributed by atoms with Crippen molar-refractivity contribution in [1.29, 1.82) is 0 Å². The van der Waals surface area contributed by atoms with Crippen molar-refractivity contribution in [2.24, 2.45) is 5.92 Å². The Bertz CT molecular complexity index is 528. The Labute approximate surface area is 136 Å². The third-order valence-corrected chi connectivity index (χ3v) is 3.20. The highest BCUT2D eigenvalue weighted by molar-refractivity contribution is 5.68. The van der Waals surface area contributed by atoms with E-state index < -0.39 is 23.3 Å². The Morgan fingerprint density at radius 1 is 1.26 bits per heavy atom. The summed E-state index contributed by atoms with van der Waals surface area (Å²) in [7, 11) is 0. The molecule has 0 aliphatic rings. The molecule has 0 heterocycles. The molecule has 23 heavy (non-hydrogen) atoms. The molecule has 1 aromatic carbocycles. The van der Waals surface area contributed by atoms with E-state index in [0.29, 0.717) is 12.1 Å². The summed E-state index contributed by atoms with van der Waals surface area (Å²) in [5.74, 6) is -1.01. The van der Waals surface area contributed by atoms with Crippen LogP contribution < -0.4 is 10.6 Å². The fraction of sp³-hybridized carbons (Fsp3) is 0.588. The molecule has 0 bridgehead atoms. The molecule has 6 heteroatoms. The smallest absolute Gasteiger partial charge is 0.407 e. The maximum atomic E-state index is 13.6. The molecule has 4 nitrogen and oxygen atoms in total. The molecule has 0 aliphatic heterocycles. The topological polar surface area (TPSA) is 50.4 Å². The number of rotatable bonds is 6. The molecule has 1 aromatic rings. The number of benzene rings is 1. The molecule has 0 fully saturated rings. The number of amides is 1. The van der Waals surface area contributed by atoms with E-state index in [1.54, 1.807) is 20.8 Å². The molecular weight excluding hydrogens is 302 g/mol. The number of ether oxygens (including phenoxy) is 1. The third-order valence-electron chi connectivity index (χ3n) is 3.20. The first-order valence-electron chi connectivity index (χ1n) is 7.72. The summed E-state index contributed by atoms with van der Waals surface area (Å²) >= 11 is 0. The zero-order chi connectivity index (χ0) is 17.6. The normalized spacial score (nSPS) is 13.0. The summed E-state index contributed by atoms with van der Waals surface area (Å²) in [6.07, 6.45) is -0.481. The maximum Gasteiger partial charge on any atom is 0.407 e. The van der Waals surface area contributed by atoms with Crippen LogP contribution in [0.1, 0.15) is 40.2 Å². The molecule has 0 saturated carbocycles. The molecule has 2 N–H and O–H groups in total. The number of hydrogen-bond acceptors (Lipinski definition) is 3. The lowest BCUT2D eigenvalue weighted by Gasteiger charge is -2.26. The summed E-state index contributed by atoms with van der Waals surface area (Å²) in [5, 5.41) is 5.88. The number of carbonyl (C=O) groups is 1. The van der Waals surface area contributed by atoms with Crippen LogP contribution in [0.25, 0.3) is 0 Å². The number of nitrogens with one attached hydrogen (secondary N) is 2. The molecule has 1 amide bonds. The van der Waals surface area contributed by atoms with Gasteiger partial charge >= 0.3 is 6.09 Å². The molecule has 130 valence electrons. The molecule has 0 aliphatic carbocycles. The lowest BCUT2D eigenvalue weighted by atomic mass is 10.0. The summed E-state index contributed by atoms with van der Waals surface area (Å²) in [6, 6.07) is 3.33. The second kappa shape index (κ2) is 8.24. The third kappa shape index (κ3) is 7.41. The Morgan fingerprint density at radius 2 is 1.91 bits per heavy atom. The van der Waals surface area contributed by atoms with Crippen molar-refractivity contribution in [1.82, 2.24) is 10.6 Å². The van der Waals surface area contributed by atoms with Gasteiger partial charge in [-0.2, -0.15) is 0 Å². The Kier molecular flexibility index (Phi) is 6.94. The van der Waals surface area contributed by atoms with Crippen LogP contribution in [0.15, 0.2) is 18.2 Å². The first kappa shape index (κ1) is 19.4. The largest absolute Gasteiger partial charge is 0.444 e. The molecular formula is C17H26F2N2O2. The van der Waals surface area contributed by atoms with Gasteiger partial charge in [-0.25, -0.2) is 13.6 Å². The van der Waals surface area contributed by atoms with Gasteiger partial charge in [0.15, 0.2) is 0 Å². The van der Waals surface area contributed by atoms with Gasteiger partial charge in [0.1, 0.15) is 17.2 Å². The van der Waals surface area contributed by atoms with E-state index in [-0.39, 0.29) is 18.5 Å². The van der Waals surface area contributed by atoms with Crippen LogP contribution in [-0.4, -0.2) is 24.3 Å². The lowest BCUT2D eigenvalue weighted by Crippen LogP contribution is -2.47. The molecule has 1 unspecified atom stereocenters. The van der Waals surface area contributed by atoms with Gasteiger partial charge in [0, 0.05) is 30.8 Å². The minimum Gasteiger partial charge on any atom is -0.444 e. The van der Waals surface area contributed by atoms with Crippen molar-refractivity contribution in [2.75, 3.05) is 6.54 Å². The van der Waals surface area contributed by atoms with Crippen LogP contribution in [0.5, 0.6) is 0 Å². The van der Waals surface area contributed by atoms with Crippen LogP contribution >= 0.6 is 0 Å². The van der Waals surface area contributed by atoms with E-state index in [9.17, 15) is 13.6 Å². The highest BCUT2D eigenvalue weighted by atomic mass is 19.1. The minimum atomic E-state index is -0.599. The predicted octanol–water partition coefficient (Wildman–Crippen LogP) is 3.60. The van der Waals surface area contributed by atoms with Crippen molar-refractivity contribution in [3.63, 3.8) is 0 Å². The fourth-order valence-corrected chi connectivity index (χ4v) is 1.94. The van der Waals surface area contributed by atoms with Crippen molar-refractivity contribution in [3.8, 4) is 0 Å². The van der Waals surface area contributed by atoms with Crippen LogP contribution in [0, 0.1) is 17.6 Å². The Balaban J connectivity index is 2.52. The average Bonchev–Trinajstić information content (AvgIpc) is 2.37. The zero-order valence-electron chi connectivity index (χ0n) is 14.4. The van der Waals surface area contributed by atoms with Gasteiger partial charge in [0.2, 0.25) is 0 Å². The van der Waals surface area contributed by atoms with E-state index in [1.807, 2.05) is 13.8 Å². The van der Waals surface area contributed by atoms with Crippen LogP contribution in [0.4, 0.5) is 13.6 Å². The number of hydrogen-bond donors (Lipinski definition) is 2. The van der Waals surface area contributed by atoms with E-state index in [1.165, 1.54) is 12.1 Å². The highest BCUT2D eigenvalue weighted by Crippen LogP contribution is 2.10. The van der Waals surface area contributed by atoms with Crippen molar-refractivity contribution in [3.05, 3.63) is 35.4 Å². The lowest BCUT2D eigenvalue weighted by molar-refractivity contribution is 0.0490. The summed E-state index contributed by atoms with van der Waals surface area (Å²) in [6.45, 7) is 10.1. The second-order valence-corrected chi connectivity index (χ2v) is 6.86. The zero-order valence-corrected chi connectivity index (χ0v) is 14.4. The summed E-state index contributed by atoms with van der Waals surface area (Å²) in [4.78, 5) is 11.8. The van der Waals surface area contributed by atoms with Gasteiger partial charge in [-0.15, -0.1) is 0 Å². The van der Waals surface area contributed by atoms with Crippen LogP contribution in [0.2, 0.25) is 0 Å². The minimum absolute atomic E-state index is 0.159. The van der Waals surface area contributed by atoms with Crippen LogP contribution in [0.3, 0.4) is 0 Å². The van der Waals surface area contributed by atoms with Crippen molar-refractivity contribution >= 4 is 6.09 Å². The molecule has 0 radical (unpaired) electrons.